The maximum atomic E-state index is 12.0. The van der Waals surface area contributed by atoms with E-state index in [-0.39, 0.29) is 11.3 Å². The van der Waals surface area contributed by atoms with Crippen molar-refractivity contribution in [2.24, 2.45) is 0 Å². The number of nitrogens with one attached hydrogen (secondary N) is 2. The predicted molar refractivity (Wildman–Crippen MR) is 69.1 cm³/mol. The third kappa shape index (κ3) is 2.59. The first-order valence-electron chi connectivity index (χ1n) is 5.56. The van der Waals surface area contributed by atoms with E-state index >= 15 is 0 Å². The van der Waals surface area contributed by atoms with Crippen LogP contribution in [0.3, 0.4) is 0 Å². The van der Waals surface area contributed by atoms with Crippen molar-refractivity contribution in [3.05, 3.63) is 51.2 Å². The topological polar surface area (TPSA) is 101 Å². The Labute approximate surface area is 108 Å². The highest BCUT2D eigenvalue weighted by Gasteiger charge is 2.22. The van der Waals surface area contributed by atoms with Gasteiger partial charge < -0.3 is 5.32 Å². The Morgan fingerprint density at radius 3 is 2.74 bits per heavy atom. The van der Waals surface area contributed by atoms with Crippen molar-refractivity contribution in [1.82, 2.24) is 10.2 Å². The molecule has 0 aliphatic rings. The molecule has 0 bridgehead atoms. The van der Waals surface area contributed by atoms with Crippen LogP contribution < -0.4 is 5.32 Å². The Hall–Kier alpha value is -2.70. The van der Waals surface area contributed by atoms with Crippen LogP contribution in [0.5, 0.6) is 0 Å². The van der Waals surface area contributed by atoms with Gasteiger partial charge in [-0.05, 0) is 19.9 Å². The van der Waals surface area contributed by atoms with E-state index < -0.39 is 10.8 Å². The fourth-order valence-electron chi connectivity index (χ4n) is 1.75. The van der Waals surface area contributed by atoms with Gasteiger partial charge in [-0.15, -0.1) is 0 Å². The molecule has 0 unspecified atom stereocenters. The number of nitro groups is 1. The van der Waals surface area contributed by atoms with Gasteiger partial charge in [-0.2, -0.15) is 5.10 Å². The van der Waals surface area contributed by atoms with Crippen molar-refractivity contribution < 1.29 is 9.72 Å². The molecule has 0 aliphatic heterocycles. The molecule has 7 nitrogen and oxygen atoms in total. The van der Waals surface area contributed by atoms with Gasteiger partial charge >= 0.3 is 0 Å². The Morgan fingerprint density at radius 2 is 2.16 bits per heavy atom. The summed E-state index contributed by atoms with van der Waals surface area (Å²) in [6, 6.07) is 6.25. The minimum Gasteiger partial charge on any atom is -0.305 e. The molecule has 1 heterocycles. The SMILES string of the molecule is Cc1cc(NC(=O)c2cccc(C)c2[N+](=O)[O-])n[nH]1. The van der Waals surface area contributed by atoms with Gasteiger partial charge in [0.25, 0.3) is 11.6 Å². The van der Waals surface area contributed by atoms with Crippen LogP contribution in [0, 0.1) is 24.0 Å². The lowest BCUT2D eigenvalue weighted by Gasteiger charge is -2.04. The molecule has 1 aromatic carbocycles. The van der Waals surface area contributed by atoms with Crippen molar-refractivity contribution >= 4 is 17.4 Å². The Bertz CT molecular complexity index is 648. The first kappa shape index (κ1) is 12.7. The molecule has 0 saturated carbocycles. The van der Waals surface area contributed by atoms with Crippen LogP contribution >= 0.6 is 0 Å². The third-order valence-electron chi connectivity index (χ3n) is 2.61. The zero-order valence-corrected chi connectivity index (χ0v) is 10.4. The summed E-state index contributed by atoms with van der Waals surface area (Å²) in [5.41, 5.74) is 1.06. The number of aryl methyl sites for hydroxylation is 2. The number of rotatable bonds is 3. The molecule has 2 aromatic rings. The first-order chi connectivity index (χ1) is 8.99. The smallest absolute Gasteiger partial charge is 0.285 e. The number of nitro benzene ring substituents is 1. The minimum atomic E-state index is -0.556. The number of hydrogen-bond donors (Lipinski definition) is 2. The zero-order valence-electron chi connectivity index (χ0n) is 10.4. The highest BCUT2D eigenvalue weighted by molar-refractivity contribution is 6.06. The number of carbonyl (C=O) groups excluding carboxylic acids is 1. The van der Waals surface area contributed by atoms with E-state index in [0.29, 0.717) is 11.4 Å². The molecule has 0 fully saturated rings. The van der Waals surface area contributed by atoms with Crippen LogP contribution in [0.25, 0.3) is 0 Å². The average Bonchev–Trinajstić information content (AvgIpc) is 2.73. The maximum Gasteiger partial charge on any atom is 0.285 e. The first-order valence-corrected chi connectivity index (χ1v) is 5.56. The molecule has 1 amide bonds. The summed E-state index contributed by atoms with van der Waals surface area (Å²) in [5, 5.41) is 20.1. The van der Waals surface area contributed by atoms with Gasteiger partial charge in [-0.3, -0.25) is 20.0 Å². The highest BCUT2D eigenvalue weighted by Crippen LogP contribution is 2.23. The summed E-state index contributed by atoms with van der Waals surface area (Å²) in [4.78, 5) is 22.5. The van der Waals surface area contributed by atoms with E-state index in [1.165, 1.54) is 6.07 Å². The van der Waals surface area contributed by atoms with Crippen LogP contribution in [0.2, 0.25) is 0 Å². The number of hydrogen-bond acceptors (Lipinski definition) is 4. The van der Waals surface area contributed by atoms with Crippen molar-refractivity contribution in [2.75, 3.05) is 5.32 Å². The normalized spacial score (nSPS) is 10.2. The van der Waals surface area contributed by atoms with Crippen LogP contribution in [-0.4, -0.2) is 21.0 Å². The lowest BCUT2D eigenvalue weighted by atomic mass is 10.1. The van der Waals surface area contributed by atoms with Gasteiger partial charge in [0, 0.05) is 17.3 Å². The summed E-state index contributed by atoms with van der Waals surface area (Å²) in [6.45, 7) is 3.38. The Kier molecular flexibility index (Phi) is 3.28. The van der Waals surface area contributed by atoms with Gasteiger partial charge in [0.05, 0.1) is 4.92 Å². The summed E-state index contributed by atoms with van der Waals surface area (Å²) in [7, 11) is 0. The van der Waals surface area contributed by atoms with Crippen LogP contribution in [-0.2, 0) is 0 Å². The van der Waals surface area contributed by atoms with Gasteiger partial charge in [0.15, 0.2) is 5.82 Å². The number of aromatic amines is 1. The predicted octanol–water partition coefficient (Wildman–Crippen LogP) is 2.19. The second kappa shape index (κ2) is 4.89. The molecule has 98 valence electrons. The molecular weight excluding hydrogens is 248 g/mol. The number of nitrogens with zero attached hydrogens (tertiary/aromatic N) is 2. The monoisotopic (exact) mass is 260 g/mol. The largest absolute Gasteiger partial charge is 0.305 e. The van der Waals surface area contributed by atoms with Crippen molar-refractivity contribution in [3.8, 4) is 0 Å². The lowest BCUT2D eigenvalue weighted by molar-refractivity contribution is -0.385. The van der Waals surface area contributed by atoms with Crippen molar-refractivity contribution in [1.29, 1.82) is 0 Å². The van der Waals surface area contributed by atoms with Gasteiger partial charge in [0.2, 0.25) is 0 Å². The molecule has 19 heavy (non-hydrogen) atoms. The third-order valence-corrected chi connectivity index (χ3v) is 2.61. The molecule has 7 heteroatoms. The Morgan fingerprint density at radius 1 is 1.42 bits per heavy atom. The zero-order chi connectivity index (χ0) is 14.0. The summed E-state index contributed by atoms with van der Waals surface area (Å²) in [5.74, 6) is -0.222. The second-order valence-corrected chi connectivity index (χ2v) is 4.12. The number of carbonyl (C=O) groups is 1. The molecular formula is C12H12N4O3. The fraction of sp³-hybridized carbons (Fsp3) is 0.167. The highest BCUT2D eigenvalue weighted by atomic mass is 16.6. The lowest BCUT2D eigenvalue weighted by Crippen LogP contribution is -2.14. The van der Waals surface area contributed by atoms with Gasteiger partial charge in [-0.25, -0.2) is 0 Å². The van der Waals surface area contributed by atoms with E-state index in [1.807, 2.05) is 0 Å². The number of H-pyrrole nitrogens is 1. The van der Waals surface area contributed by atoms with Gasteiger partial charge in [-0.1, -0.05) is 12.1 Å². The number of benzene rings is 1. The molecule has 0 saturated heterocycles. The van der Waals surface area contributed by atoms with E-state index in [1.54, 1.807) is 32.0 Å². The summed E-state index contributed by atoms with van der Waals surface area (Å²) >= 11 is 0. The van der Waals surface area contributed by atoms with E-state index in [9.17, 15) is 14.9 Å². The fourth-order valence-corrected chi connectivity index (χ4v) is 1.75. The molecule has 2 rings (SSSR count). The quantitative estimate of drug-likeness (QED) is 0.652. The van der Waals surface area contributed by atoms with Gasteiger partial charge in [0.1, 0.15) is 5.56 Å². The summed E-state index contributed by atoms with van der Waals surface area (Å²) < 4.78 is 0. The molecule has 0 radical (unpaired) electrons. The molecule has 0 aliphatic carbocycles. The summed E-state index contributed by atoms with van der Waals surface area (Å²) in [6.07, 6.45) is 0. The molecule has 0 atom stereocenters. The van der Waals surface area contributed by atoms with E-state index in [2.05, 4.69) is 15.5 Å². The van der Waals surface area contributed by atoms with Crippen LogP contribution in [0.15, 0.2) is 24.3 Å². The standard InChI is InChI=1S/C12H12N4O3/c1-7-4-3-5-9(11(7)16(18)19)12(17)13-10-6-8(2)14-15-10/h3-6H,1-2H3,(H2,13,14,15,17). The molecule has 1 aromatic heterocycles. The number of anilines is 1. The molecule has 0 spiro atoms. The number of amides is 1. The minimum absolute atomic E-state index is 0.0191. The van der Waals surface area contributed by atoms with Crippen molar-refractivity contribution in [2.45, 2.75) is 13.8 Å². The van der Waals surface area contributed by atoms with E-state index in [0.717, 1.165) is 5.69 Å². The van der Waals surface area contributed by atoms with Crippen LogP contribution in [0.1, 0.15) is 21.6 Å². The maximum absolute atomic E-state index is 12.0. The number of para-hydroxylation sites is 1. The van der Waals surface area contributed by atoms with Crippen molar-refractivity contribution in [3.63, 3.8) is 0 Å². The molecule has 2 N–H and O–H groups in total. The van der Waals surface area contributed by atoms with E-state index in [4.69, 9.17) is 0 Å². The van der Waals surface area contributed by atoms with Crippen LogP contribution in [0.4, 0.5) is 11.5 Å². The second-order valence-electron chi connectivity index (χ2n) is 4.12. The Balaban J connectivity index is 2.34. The number of aromatic nitrogens is 2. The average molecular weight is 260 g/mol.